The van der Waals surface area contributed by atoms with Crippen molar-refractivity contribution in [1.29, 1.82) is 0 Å². The summed E-state index contributed by atoms with van der Waals surface area (Å²) in [4.78, 5) is 0. The summed E-state index contributed by atoms with van der Waals surface area (Å²) in [6, 6.07) is 2.37. The Morgan fingerprint density at radius 1 is 0.769 bits per heavy atom. The van der Waals surface area contributed by atoms with Gasteiger partial charge in [-0.25, -0.2) is 13.2 Å². The fourth-order valence-electron chi connectivity index (χ4n) is 5.06. The van der Waals surface area contributed by atoms with Gasteiger partial charge in [0, 0.05) is 0 Å². The van der Waals surface area contributed by atoms with E-state index in [9.17, 15) is 13.2 Å². The highest BCUT2D eigenvalue weighted by Gasteiger charge is 2.26. The number of hydrogen-bond acceptors (Lipinski definition) is 0. The van der Waals surface area contributed by atoms with Gasteiger partial charge < -0.3 is 0 Å². The predicted molar refractivity (Wildman–Crippen MR) is 101 cm³/mol. The fraction of sp³-hybridized carbons (Fsp3) is 0.652. The first-order valence-corrected chi connectivity index (χ1v) is 10.3. The molecular formula is C23H31F3. The molecule has 3 rings (SSSR count). The van der Waals surface area contributed by atoms with Gasteiger partial charge in [0.2, 0.25) is 0 Å². The molecule has 0 heterocycles. The molecule has 0 N–H and O–H groups in total. The van der Waals surface area contributed by atoms with E-state index in [0.717, 1.165) is 43.4 Å². The van der Waals surface area contributed by atoms with Crippen molar-refractivity contribution in [3.05, 3.63) is 47.8 Å². The standard InChI is InChI=1S/C23H31F3/c1-2-3-16-4-6-17(7-5-16)8-9-18-10-12-19(13-11-18)20-14-21(24)23(26)22(25)15-20/h2,14-19H,1,3-13H2/t16-,17-,18-,19-. The number of halogens is 3. The molecule has 0 aromatic heterocycles. The van der Waals surface area contributed by atoms with Crippen LogP contribution in [0.4, 0.5) is 13.2 Å². The minimum Gasteiger partial charge on any atom is -0.204 e. The minimum atomic E-state index is -1.36. The summed E-state index contributed by atoms with van der Waals surface area (Å²) in [6.07, 6.45) is 15.4. The summed E-state index contributed by atoms with van der Waals surface area (Å²) in [7, 11) is 0. The molecule has 2 aliphatic carbocycles. The normalized spacial score (nSPS) is 29.5. The molecule has 1 aromatic carbocycles. The molecular weight excluding hydrogens is 333 g/mol. The van der Waals surface area contributed by atoms with Crippen LogP contribution >= 0.6 is 0 Å². The van der Waals surface area contributed by atoms with Crippen molar-refractivity contribution in [2.45, 2.75) is 76.5 Å². The zero-order chi connectivity index (χ0) is 18.5. The first-order valence-electron chi connectivity index (χ1n) is 10.3. The van der Waals surface area contributed by atoms with Crippen LogP contribution in [0.3, 0.4) is 0 Å². The quantitative estimate of drug-likeness (QED) is 0.361. The molecule has 0 radical (unpaired) electrons. The van der Waals surface area contributed by atoms with Gasteiger partial charge in [-0.3, -0.25) is 0 Å². The van der Waals surface area contributed by atoms with E-state index in [1.807, 2.05) is 0 Å². The van der Waals surface area contributed by atoms with Crippen LogP contribution in [0.2, 0.25) is 0 Å². The van der Waals surface area contributed by atoms with Gasteiger partial charge in [-0.1, -0.05) is 31.8 Å². The Morgan fingerprint density at radius 2 is 1.23 bits per heavy atom. The second-order valence-electron chi connectivity index (χ2n) is 8.50. The lowest BCUT2D eigenvalue weighted by Crippen LogP contribution is -2.17. The van der Waals surface area contributed by atoms with Crippen molar-refractivity contribution < 1.29 is 13.2 Å². The molecule has 0 bridgehead atoms. The summed E-state index contributed by atoms with van der Waals surface area (Å²) in [5, 5.41) is 0. The molecule has 3 heteroatoms. The number of hydrogen-bond donors (Lipinski definition) is 0. The van der Waals surface area contributed by atoms with Crippen molar-refractivity contribution in [3.63, 3.8) is 0 Å². The van der Waals surface area contributed by atoms with E-state index in [2.05, 4.69) is 12.7 Å². The van der Waals surface area contributed by atoms with Gasteiger partial charge in [0.15, 0.2) is 17.5 Å². The van der Waals surface area contributed by atoms with Crippen molar-refractivity contribution in [2.75, 3.05) is 0 Å². The Kier molecular flexibility index (Phi) is 6.83. The predicted octanol–water partition coefficient (Wildman–Crippen LogP) is 7.54. The van der Waals surface area contributed by atoms with Gasteiger partial charge in [0.05, 0.1) is 0 Å². The summed E-state index contributed by atoms with van der Waals surface area (Å²) in [5.41, 5.74) is 0.625. The number of allylic oxidation sites excluding steroid dienone is 1. The minimum absolute atomic E-state index is 0.171. The summed E-state index contributed by atoms with van der Waals surface area (Å²) >= 11 is 0. The van der Waals surface area contributed by atoms with E-state index in [0.29, 0.717) is 5.56 Å². The van der Waals surface area contributed by atoms with Crippen LogP contribution in [-0.2, 0) is 0 Å². The number of rotatable bonds is 6. The van der Waals surface area contributed by atoms with E-state index in [1.54, 1.807) is 0 Å². The highest BCUT2D eigenvalue weighted by Crippen LogP contribution is 2.40. The van der Waals surface area contributed by atoms with Crippen molar-refractivity contribution in [2.24, 2.45) is 17.8 Å². The topological polar surface area (TPSA) is 0 Å². The van der Waals surface area contributed by atoms with Gasteiger partial charge in [-0.15, -0.1) is 6.58 Å². The maximum atomic E-state index is 13.5. The van der Waals surface area contributed by atoms with E-state index >= 15 is 0 Å². The molecule has 0 unspecified atom stereocenters. The van der Waals surface area contributed by atoms with Crippen LogP contribution < -0.4 is 0 Å². The highest BCUT2D eigenvalue weighted by atomic mass is 19.2. The second-order valence-corrected chi connectivity index (χ2v) is 8.50. The van der Waals surface area contributed by atoms with E-state index in [1.165, 1.54) is 57.1 Å². The average molecular weight is 364 g/mol. The van der Waals surface area contributed by atoms with Crippen LogP contribution in [0.15, 0.2) is 24.8 Å². The molecule has 0 nitrogen and oxygen atoms in total. The van der Waals surface area contributed by atoms with Gasteiger partial charge in [0.25, 0.3) is 0 Å². The molecule has 0 spiro atoms. The summed E-state index contributed by atoms with van der Waals surface area (Å²) < 4.78 is 40.0. The molecule has 0 atom stereocenters. The van der Waals surface area contributed by atoms with Gasteiger partial charge >= 0.3 is 0 Å². The van der Waals surface area contributed by atoms with Crippen LogP contribution in [0.5, 0.6) is 0 Å². The van der Waals surface area contributed by atoms with Crippen molar-refractivity contribution in [1.82, 2.24) is 0 Å². The summed E-state index contributed by atoms with van der Waals surface area (Å²) in [6.45, 7) is 3.85. The second kappa shape index (κ2) is 9.10. The van der Waals surface area contributed by atoms with E-state index in [4.69, 9.17) is 0 Å². The first kappa shape index (κ1) is 19.5. The highest BCUT2D eigenvalue weighted by molar-refractivity contribution is 5.23. The average Bonchev–Trinajstić information content (AvgIpc) is 2.66. The Hall–Kier alpha value is -1.25. The molecule has 144 valence electrons. The van der Waals surface area contributed by atoms with Crippen molar-refractivity contribution in [3.8, 4) is 0 Å². The molecule has 0 saturated heterocycles. The van der Waals surface area contributed by atoms with Crippen LogP contribution in [0.1, 0.15) is 82.1 Å². The van der Waals surface area contributed by atoms with Crippen LogP contribution in [0, 0.1) is 35.2 Å². The van der Waals surface area contributed by atoms with Crippen LogP contribution in [0.25, 0.3) is 0 Å². The lowest BCUT2D eigenvalue weighted by molar-refractivity contribution is 0.231. The molecule has 2 saturated carbocycles. The van der Waals surface area contributed by atoms with E-state index < -0.39 is 17.5 Å². The third-order valence-corrected chi connectivity index (χ3v) is 6.77. The Labute approximate surface area is 155 Å². The number of benzene rings is 1. The fourth-order valence-corrected chi connectivity index (χ4v) is 5.06. The smallest absolute Gasteiger partial charge is 0.194 e. The molecule has 26 heavy (non-hydrogen) atoms. The largest absolute Gasteiger partial charge is 0.204 e. The monoisotopic (exact) mass is 364 g/mol. The first-order chi connectivity index (χ1) is 12.6. The molecule has 0 amide bonds. The Balaban J connectivity index is 1.41. The lowest BCUT2D eigenvalue weighted by Gasteiger charge is -2.32. The zero-order valence-electron chi connectivity index (χ0n) is 15.7. The molecule has 1 aromatic rings. The van der Waals surface area contributed by atoms with E-state index in [-0.39, 0.29) is 5.92 Å². The Morgan fingerprint density at radius 3 is 1.73 bits per heavy atom. The zero-order valence-corrected chi connectivity index (χ0v) is 15.7. The maximum Gasteiger partial charge on any atom is 0.194 e. The van der Waals surface area contributed by atoms with Gasteiger partial charge in [0.1, 0.15) is 0 Å². The maximum absolute atomic E-state index is 13.5. The lowest BCUT2D eigenvalue weighted by atomic mass is 9.74. The third kappa shape index (κ3) is 4.92. The summed E-state index contributed by atoms with van der Waals surface area (Å²) in [5.74, 6) is -0.823. The third-order valence-electron chi connectivity index (χ3n) is 6.77. The molecule has 2 fully saturated rings. The Bertz CT molecular complexity index is 570. The van der Waals surface area contributed by atoms with Gasteiger partial charge in [-0.05, 0) is 86.3 Å². The van der Waals surface area contributed by atoms with Crippen LogP contribution in [-0.4, -0.2) is 0 Å². The molecule has 0 aliphatic heterocycles. The molecule has 2 aliphatic rings. The van der Waals surface area contributed by atoms with Crippen molar-refractivity contribution >= 4 is 0 Å². The SMILES string of the molecule is C=CC[C@H]1CC[C@H](CC[C@H]2CC[C@H](c3cc(F)c(F)c(F)c3)CC2)CC1. The van der Waals surface area contributed by atoms with Gasteiger partial charge in [-0.2, -0.15) is 0 Å².